The van der Waals surface area contributed by atoms with Crippen molar-refractivity contribution in [1.82, 2.24) is 0 Å². The molecule has 8 aliphatic rings. The van der Waals surface area contributed by atoms with Crippen LogP contribution in [-0.4, -0.2) is 124 Å². The van der Waals surface area contributed by atoms with Gasteiger partial charge in [-0.15, -0.1) is 0 Å². The molecular weight excluding hydrogens is 873 g/mol. The first-order valence-electron chi connectivity index (χ1n) is 21.7. The molecule has 0 aliphatic carbocycles. The van der Waals surface area contributed by atoms with Gasteiger partial charge >= 0.3 is 11.9 Å². The summed E-state index contributed by atoms with van der Waals surface area (Å²) in [5.74, 6) is 10.3. The highest BCUT2D eigenvalue weighted by Gasteiger charge is 2.60. The second-order valence-electron chi connectivity index (χ2n) is 17.1. The zero-order valence-electron chi connectivity index (χ0n) is 35.7. The van der Waals surface area contributed by atoms with Crippen LogP contribution in [0.3, 0.4) is 0 Å². The van der Waals surface area contributed by atoms with Crippen LogP contribution in [0.25, 0.3) is 0 Å². The average Bonchev–Trinajstić information content (AvgIpc) is 4.01. The monoisotopic (exact) mass is 919 g/mol. The van der Waals surface area contributed by atoms with E-state index >= 15 is 0 Å². The molecule has 0 amide bonds. The molecule has 6 bridgehead atoms. The Hall–Kier alpha value is -6.49. The second-order valence-corrected chi connectivity index (χ2v) is 17.1. The average molecular weight is 920 g/mol. The van der Waals surface area contributed by atoms with Crippen molar-refractivity contribution in [2.45, 2.75) is 92.3 Å². The number of hydrogen-bond donors (Lipinski definition) is 9. The van der Waals surface area contributed by atoms with Gasteiger partial charge in [0.1, 0.15) is 79.4 Å². The zero-order valence-corrected chi connectivity index (χ0v) is 35.7. The van der Waals surface area contributed by atoms with E-state index in [1.165, 1.54) is 0 Å². The Morgan fingerprint density at radius 1 is 1.03 bits per heavy atom. The molecule has 11 rings (SSSR count). The van der Waals surface area contributed by atoms with Crippen LogP contribution in [0.2, 0.25) is 0 Å². The number of hydrogen-bond acceptors (Lipinski definition) is 17. The van der Waals surface area contributed by atoms with Gasteiger partial charge in [-0.3, -0.25) is 19.5 Å². The van der Waals surface area contributed by atoms with Crippen molar-refractivity contribution in [3.63, 3.8) is 0 Å². The number of nitrogens with two attached hydrogens (primary N) is 2. The van der Waals surface area contributed by atoms with E-state index in [-0.39, 0.29) is 42.6 Å². The van der Waals surface area contributed by atoms with Gasteiger partial charge < -0.3 is 75.3 Å². The van der Waals surface area contributed by atoms with Gasteiger partial charge in [0.2, 0.25) is 12.0 Å². The lowest BCUT2D eigenvalue weighted by molar-refractivity contribution is -0.867. The molecule has 0 saturated carbocycles. The summed E-state index contributed by atoms with van der Waals surface area (Å²) in [6.07, 6.45) is -10.2. The molecule has 1 unspecified atom stereocenters. The standard InChI is InChI=1S/C48H46N4O15/c49-46(50)43(65-34(57)18-33(55)56)45-48(60)14-6-10-26-28(20-52-19-24-13-15-51-37(24)29(52)21-53)35-32(17-31(26)64-47(67-45)38(58)44(48)59)63-39-25(23-7-2-1-3-8-23)9-4-5-16-61-41-30(62-22-54)12-11-27-36(39)42(35)66-40(27)41/h1-3,7-8,11-13,15,17,25,36,38-39,42-47,53-54,58-60H,5,14,16,18-22,49-50H2,(H,55,56)/p+1/t25-,36-,38-,39-,42+,43-,44-,45-,47-,48+/m1/s1. The number of benzene rings is 3. The van der Waals surface area contributed by atoms with E-state index in [1.807, 2.05) is 42.5 Å². The van der Waals surface area contributed by atoms with Crippen molar-refractivity contribution in [2.75, 3.05) is 26.6 Å². The molecule has 0 radical (unpaired) electrons. The van der Waals surface area contributed by atoms with E-state index in [1.54, 1.807) is 18.3 Å². The summed E-state index contributed by atoms with van der Waals surface area (Å²) in [6, 6.07) is 14.9. The van der Waals surface area contributed by atoms with Gasteiger partial charge in [-0.05, 0) is 17.7 Å². The molecule has 3 aromatic carbocycles. The molecule has 67 heavy (non-hydrogen) atoms. The third-order valence-electron chi connectivity index (χ3n) is 13.2. The number of aliphatic hydroxyl groups excluding tert-OH is 4. The molecular formula is C48H47N4O15+. The molecule has 0 aromatic heterocycles. The first kappa shape index (κ1) is 44.4. The van der Waals surface area contributed by atoms with Crippen LogP contribution in [0, 0.1) is 23.7 Å². The number of rotatable bonds is 11. The summed E-state index contributed by atoms with van der Waals surface area (Å²) < 4.78 is 44.3. The smallest absolute Gasteiger partial charge is 0.317 e. The number of ether oxygens (including phenoxy) is 7. The van der Waals surface area contributed by atoms with Crippen LogP contribution in [0.4, 0.5) is 0 Å². The molecule has 1 fully saturated rings. The van der Waals surface area contributed by atoms with E-state index in [0.717, 1.165) is 21.6 Å². The first-order chi connectivity index (χ1) is 32.4. The number of quaternary nitrogens is 1. The van der Waals surface area contributed by atoms with Gasteiger partial charge in [0.25, 0.3) is 0 Å². The van der Waals surface area contributed by atoms with Crippen molar-refractivity contribution in [3.05, 3.63) is 99.4 Å². The highest BCUT2D eigenvalue weighted by atomic mass is 16.7. The summed E-state index contributed by atoms with van der Waals surface area (Å²) in [5, 5.41) is 65.4. The van der Waals surface area contributed by atoms with Crippen molar-refractivity contribution in [2.24, 2.45) is 16.5 Å². The number of allylic oxidation sites excluding steroid dienone is 1. The molecule has 8 aliphatic heterocycles. The van der Waals surface area contributed by atoms with Crippen LogP contribution < -0.4 is 40.1 Å². The van der Waals surface area contributed by atoms with Gasteiger partial charge in [0.15, 0.2) is 30.1 Å². The van der Waals surface area contributed by atoms with Crippen molar-refractivity contribution < 1.29 is 78.3 Å². The van der Waals surface area contributed by atoms with Gasteiger partial charge in [0, 0.05) is 47.4 Å². The Kier molecular flexibility index (Phi) is 11.7. The lowest BCUT2D eigenvalue weighted by Gasteiger charge is -2.50. The van der Waals surface area contributed by atoms with E-state index in [4.69, 9.17) is 44.6 Å². The van der Waals surface area contributed by atoms with Crippen LogP contribution >= 0.6 is 0 Å². The molecule has 3 aromatic rings. The number of aliphatic hydroxyl groups is 5. The minimum absolute atomic E-state index is 0.0214. The van der Waals surface area contributed by atoms with Gasteiger partial charge in [0.05, 0.1) is 30.2 Å². The SMILES string of the molecule is NC(N)[C@H](OC(=O)CC(=O)O)[C@H]1O[C@H]2Oc3cc4c(c(C[NH+]5CC6=CC=NC6=C5CO)c3C#CC[C@]1(O)[C@H](O)[C@H]2O)[C@@H]1Oc2c3ccc(OCO)c2OCCC#C[C@H](c2ccccc2)[C@@H](O4)[C@@H]31. The summed E-state index contributed by atoms with van der Waals surface area (Å²) in [7, 11) is 0. The van der Waals surface area contributed by atoms with Gasteiger partial charge in [-0.1, -0.05) is 60.1 Å². The molecule has 1 saturated heterocycles. The largest absolute Gasteiger partial charge is 0.487 e. The van der Waals surface area contributed by atoms with E-state index in [9.17, 15) is 40.2 Å². The molecule has 11 atom stereocenters. The van der Waals surface area contributed by atoms with E-state index in [2.05, 4.69) is 28.7 Å². The molecule has 8 heterocycles. The molecule has 19 heteroatoms. The maximum Gasteiger partial charge on any atom is 0.317 e. The Bertz CT molecular complexity index is 2740. The fourth-order valence-electron chi connectivity index (χ4n) is 10.2. The fourth-order valence-corrected chi connectivity index (χ4v) is 10.2. The number of nitrogens with one attached hydrogen (secondary N) is 1. The zero-order chi connectivity index (χ0) is 46.7. The maximum absolute atomic E-state index is 12.7. The van der Waals surface area contributed by atoms with Gasteiger partial charge in [-0.25, -0.2) is 0 Å². The predicted octanol–water partition coefficient (Wildman–Crippen LogP) is -0.882. The highest BCUT2D eigenvalue weighted by Crippen LogP contribution is 2.61. The number of aliphatic carboxylic acids is 1. The predicted molar refractivity (Wildman–Crippen MR) is 230 cm³/mol. The molecule has 11 N–H and O–H groups in total. The van der Waals surface area contributed by atoms with E-state index < -0.39 is 98.1 Å². The Labute approximate surface area is 382 Å². The fraction of sp³-hybridized carbons (Fsp3) is 0.396. The summed E-state index contributed by atoms with van der Waals surface area (Å²) in [6.45, 7) is -0.141. The number of nitrogens with zero attached hydrogens (tertiary/aromatic N) is 1. The number of esters is 1. The maximum atomic E-state index is 12.7. The lowest BCUT2D eigenvalue weighted by atomic mass is 9.75. The number of carboxylic acid groups (broad SMARTS) is 1. The Balaban J connectivity index is 1.17. The van der Waals surface area contributed by atoms with Crippen LogP contribution in [0.5, 0.6) is 28.7 Å². The number of aliphatic imine (C=N–C) groups is 1. The third kappa shape index (κ3) is 7.64. The van der Waals surface area contributed by atoms with Crippen molar-refractivity contribution in [1.29, 1.82) is 0 Å². The number of carbonyl (C=O) groups is 2. The van der Waals surface area contributed by atoms with Crippen molar-refractivity contribution in [3.8, 4) is 52.4 Å². The lowest BCUT2D eigenvalue weighted by Crippen LogP contribution is -3.08. The summed E-state index contributed by atoms with van der Waals surface area (Å²) in [4.78, 5) is 29.4. The number of fused-ring (bicyclic) bond motifs is 6. The number of carboxylic acids is 1. The highest BCUT2D eigenvalue weighted by molar-refractivity contribution is 5.90. The van der Waals surface area contributed by atoms with E-state index in [0.29, 0.717) is 47.0 Å². The number of carbonyl (C=O) groups excluding carboxylic acids is 1. The van der Waals surface area contributed by atoms with Crippen LogP contribution in [0.15, 0.2) is 76.6 Å². The quantitative estimate of drug-likeness (QED) is 0.0489. The third-order valence-corrected chi connectivity index (χ3v) is 13.2. The molecule has 19 nitrogen and oxygen atoms in total. The van der Waals surface area contributed by atoms with Gasteiger partial charge in [-0.2, -0.15) is 0 Å². The first-order valence-corrected chi connectivity index (χ1v) is 21.7. The second kappa shape index (κ2) is 17.6. The Morgan fingerprint density at radius 3 is 2.61 bits per heavy atom. The summed E-state index contributed by atoms with van der Waals surface area (Å²) >= 11 is 0. The Morgan fingerprint density at radius 2 is 1.85 bits per heavy atom. The summed E-state index contributed by atoms with van der Waals surface area (Å²) in [5.41, 5.74) is 14.8. The molecule has 0 spiro atoms. The van der Waals surface area contributed by atoms with Crippen LogP contribution in [-0.2, 0) is 25.6 Å². The molecule has 348 valence electrons. The minimum atomic E-state index is -2.51. The minimum Gasteiger partial charge on any atom is -0.487 e. The normalized spacial score (nSPS) is 29.7. The van der Waals surface area contributed by atoms with Crippen LogP contribution in [0.1, 0.15) is 65.0 Å². The topological polar surface area (TPSA) is 289 Å². The van der Waals surface area contributed by atoms with Crippen molar-refractivity contribution >= 4 is 18.2 Å².